The highest BCUT2D eigenvalue weighted by atomic mass is 15.2. The van der Waals surface area contributed by atoms with E-state index in [1.54, 1.807) is 0 Å². The molecule has 164 valence electrons. The molecule has 2 nitrogen and oxygen atoms in total. The molecular formula is C33H22N2. The molecule has 2 aliphatic carbocycles. The molecule has 0 amide bonds. The first-order valence-electron chi connectivity index (χ1n) is 12.6. The fourth-order valence-corrected chi connectivity index (χ4v) is 7.18. The second-order valence-electron chi connectivity index (χ2n) is 10.3. The van der Waals surface area contributed by atoms with E-state index in [2.05, 4.69) is 83.8 Å². The molecule has 4 aliphatic rings. The largest absolute Gasteiger partial charge is 0.293 e. The highest BCUT2D eigenvalue weighted by Crippen LogP contribution is 2.58. The van der Waals surface area contributed by atoms with Crippen LogP contribution >= 0.6 is 0 Å². The van der Waals surface area contributed by atoms with E-state index >= 15 is 0 Å². The van der Waals surface area contributed by atoms with Crippen molar-refractivity contribution in [3.05, 3.63) is 130 Å². The predicted octanol–water partition coefficient (Wildman–Crippen LogP) is 7.50. The molecule has 3 heterocycles. The summed E-state index contributed by atoms with van der Waals surface area (Å²) in [5.41, 5.74) is 19.9. The SMILES string of the molecule is c1ccc2c(c1)Cc1cc3c4c(c1-2)Cc1ccc2c(c1N4c1ncccc1C3)-c1ccccc1C2. The van der Waals surface area contributed by atoms with Crippen LogP contribution < -0.4 is 4.90 Å². The van der Waals surface area contributed by atoms with E-state index < -0.39 is 0 Å². The van der Waals surface area contributed by atoms with Gasteiger partial charge in [-0.3, -0.25) is 4.90 Å². The highest BCUT2D eigenvalue weighted by molar-refractivity contribution is 6.01. The lowest BCUT2D eigenvalue weighted by Crippen LogP contribution is -2.27. The number of pyridine rings is 1. The van der Waals surface area contributed by atoms with Gasteiger partial charge in [-0.2, -0.15) is 0 Å². The van der Waals surface area contributed by atoms with E-state index in [-0.39, 0.29) is 0 Å². The number of anilines is 3. The van der Waals surface area contributed by atoms with Crippen LogP contribution in [-0.4, -0.2) is 4.98 Å². The Morgan fingerprint density at radius 3 is 2.06 bits per heavy atom. The first kappa shape index (κ1) is 18.2. The summed E-state index contributed by atoms with van der Waals surface area (Å²) in [5, 5.41) is 0. The minimum absolute atomic E-state index is 0.951. The van der Waals surface area contributed by atoms with Crippen LogP contribution in [0.2, 0.25) is 0 Å². The topological polar surface area (TPSA) is 16.1 Å². The quantitative estimate of drug-likeness (QED) is 0.240. The fraction of sp³-hybridized carbons (Fsp3) is 0.121. The summed E-state index contributed by atoms with van der Waals surface area (Å²) >= 11 is 0. The van der Waals surface area contributed by atoms with Crippen molar-refractivity contribution >= 4 is 17.2 Å². The number of benzene rings is 4. The van der Waals surface area contributed by atoms with Crippen molar-refractivity contribution in [3.63, 3.8) is 0 Å². The average Bonchev–Trinajstić information content (AvgIpc) is 3.46. The van der Waals surface area contributed by atoms with Gasteiger partial charge in [-0.15, -0.1) is 0 Å². The minimum atomic E-state index is 0.951. The molecule has 0 N–H and O–H groups in total. The van der Waals surface area contributed by atoms with E-state index in [1.165, 1.54) is 78.1 Å². The van der Waals surface area contributed by atoms with Crippen molar-refractivity contribution < 1.29 is 0 Å². The maximum Gasteiger partial charge on any atom is 0.141 e. The van der Waals surface area contributed by atoms with Crippen molar-refractivity contribution in [2.75, 3.05) is 4.90 Å². The summed E-state index contributed by atoms with van der Waals surface area (Å²) in [6, 6.07) is 29.5. The van der Waals surface area contributed by atoms with E-state index in [1.807, 2.05) is 6.20 Å². The Morgan fingerprint density at radius 2 is 1.20 bits per heavy atom. The molecule has 9 rings (SSSR count). The second kappa shape index (κ2) is 6.28. The van der Waals surface area contributed by atoms with Gasteiger partial charge in [-0.05, 0) is 80.1 Å². The van der Waals surface area contributed by atoms with Gasteiger partial charge >= 0.3 is 0 Å². The van der Waals surface area contributed by atoms with Gasteiger partial charge in [0.2, 0.25) is 0 Å². The van der Waals surface area contributed by atoms with Crippen LogP contribution in [0.25, 0.3) is 22.3 Å². The van der Waals surface area contributed by atoms with Crippen molar-refractivity contribution in [3.8, 4) is 22.3 Å². The maximum absolute atomic E-state index is 4.99. The lowest BCUT2D eigenvalue weighted by atomic mass is 9.81. The molecule has 2 aliphatic heterocycles. The zero-order valence-corrected chi connectivity index (χ0v) is 19.3. The summed E-state index contributed by atoms with van der Waals surface area (Å²) in [6.07, 6.45) is 5.93. The molecular weight excluding hydrogens is 424 g/mol. The van der Waals surface area contributed by atoms with Crippen LogP contribution in [0.5, 0.6) is 0 Å². The summed E-state index contributed by atoms with van der Waals surface area (Å²) in [7, 11) is 0. The number of aromatic nitrogens is 1. The Labute approximate surface area is 204 Å². The number of rotatable bonds is 0. The summed E-state index contributed by atoms with van der Waals surface area (Å²) in [5.74, 6) is 1.10. The summed E-state index contributed by atoms with van der Waals surface area (Å²) in [6.45, 7) is 0. The van der Waals surface area contributed by atoms with E-state index in [0.717, 1.165) is 31.5 Å². The minimum Gasteiger partial charge on any atom is -0.293 e. The van der Waals surface area contributed by atoms with E-state index in [4.69, 9.17) is 4.98 Å². The Morgan fingerprint density at radius 1 is 0.514 bits per heavy atom. The highest BCUT2D eigenvalue weighted by Gasteiger charge is 2.39. The zero-order chi connectivity index (χ0) is 22.7. The van der Waals surface area contributed by atoms with Gasteiger partial charge in [0.25, 0.3) is 0 Å². The average molecular weight is 447 g/mol. The standard InChI is InChI=1S/C33H22N2/c1-3-9-26-20(7-1)15-24-17-25-16-23-8-5-13-34-33(23)35-31(25)28(29(24)26)18-22-12-11-21-14-19-6-2-4-10-27(19)30(21)32(22)35/h1-13,17H,14-16,18H2. The van der Waals surface area contributed by atoms with Gasteiger partial charge in [0.05, 0.1) is 11.4 Å². The van der Waals surface area contributed by atoms with Gasteiger partial charge in [0.15, 0.2) is 0 Å². The van der Waals surface area contributed by atoms with Gasteiger partial charge in [-0.1, -0.05) is 72.8 Å². The number of hydrogen-bond donors (Lipinski definition) is 0. The number of fused-ring (bicyclic) bond motifs is 12. The van der Waals surface area contributed by atoms with Crippen LogP contribution in [-0.2, 0) is 25.7 Å². The predicted molar refractivity (Wildman–Crippen MR) is 141 cm³/mol. The molecule has 0 spiro atoms. The van der Waals surface area contributed by atoms with E-state index in [9.17, 15) is 0 Å². The van der Waals surface area contributed by atoms with Crippen LogP contribution in [0.3, 0.4) is 0 Å². The third-order valence-corrected chi connectivity index (χ3v) is 8.52. The van der Waals surface area contributed by atoms with Gasteiger partial charge in [0, 0.05) is 24.6 Å². The normalized spacial score (nSPS) is 14.9. The molecule has 0 unspecified atom stereocenters. The summed E-state index contributed by atoms with van der Waals surface area (Å²) in [4.78, 5) is 7.52. The van der Waals surface area contributed by atoms with Gasteiger partial charge in [-0.25, -0.2) is 4.98 Å². The zero-order valence-electron chi connectivity index (χ0n) is 19.3. The molecule has 0 saturated carbocycles. The van der Waals surface area contributed by atoms with E-state index in [0.29, 0.717) is 0 Å². The molecule has 35 heavy (non-hydrogen) atoms. The number of nitrogens with zero attached hydrogens (tertiary/aromatic N) is 2. The van der Waals surface area contributed by atoms with Gasteiger partial charge in [0.1, 0.15) is 5.82 Å². The van der Waals surface area contributed by atoms with Crippen LogP contribution in [0, 0.1) is 0 Å². The Hall–Kier alpha value is -4.17. The van der Waals surface area contributed by atoms with Crippen molar-refractivity contribution in [1.29, 1.82) is 0 Å². The molecule has 0 saturated heterocycles. The fourth-order valence-electron chi connectivity index (χ4n) is 7.18. The van der Waals surface area contributed by atoms with Crippen LogP contribution in [0.15, 0.2) is 85.1 Å². The lowest BCUT2D eigenvalue weighted by Gasteiger charge is -2.40. The molecule has 1 aromatic heterocycles. The lowest BCUT2D eigenvalue weighted by molar-refractivity contribution is 0.978. The molecule has 4 aromatic carbocycles. The molecule has 0 atom stereocenters. The third kappa shape index (κ3) is 2.23. The third-order valence-electron chi connectivity index (χ3n) is 8.52. The van der Waals surface area contributed by atoms with Crippen molar-refractivity contribution in [2.45, 2.75) is 25.7 Å². The van der Waals surface area contributed by atoms with Crippen LogP contribution in [0.1, 0.15) is 44.5 Å². The molecule has 5 aromatic rings. The second-order valence-corrected chi connectivity index (χ2v) is 10.3. The molecule has 0 radical (unpaired) electrons. The smallest absolute Gasteiger partial charge is 0.141 e. The maximum atomic E-state index is 4.99. The van der Waals surface area contributed by atoms with Crippen molar-refractivity contribution in [1.82, 2.24) is 4.98 Å². The number of hydrogen-bond acceptors (Lipinski definition) is 2. The monoisotopic (exact) mass is 446 g/mol. The summed E-state index contributed by atoms with van der Waals surface area (Å²) < 4.78 is 0. The Kier molecular flexibility index (Phi) is 3.27. The first-order valence-corrected chi connectivity index (χ1v) is 12.6. The van der Waals surface area contributed by atoms with Gasteiger partial charge < -0.3 is 0 Å². The Bertz CT molecular complexity index is 1760. The molecule has 0 fully saturated rings. The van der Waals surface area contributed by atoms with Crippen LogP contribution in [0.4, 0.5) is 17.2 Å². The molecule has 0 bridgehead atoms. The first-order chi connectivity index (χ1) is 17.3. The molecule has 2 heteroatoms. The Balaban J connectivity index is 1.40. The van der Waals surface area contributed by atoms with Crippen molar-refractivity contribution in [2.24, 2.45) is 0 Å².